The van der Waals surface area contributed by atoms with E-state index >= 15 is 0 Å². The second-order valence-electron chi connectivity index (χ2n) is 7.09. The van der Waals surface area contributed by atoms with E-state index in [2.05, 4.69) is 27.0 Å². The number of carbonyl (C=O) groups excluding carboxylic acids is 1. The van der Waals surface area contributed by atoms with Crippen LogP contribution in [0.3, 0.4) is 0 Å². The molecule has 1 aromatic carbocycles. The highest BCUT2D eigenvalue weighted by atomic mass is 32.1. The van der Waals surface area contributed by atoms with Gasteiger partial charge in [0.1, 0.15) is 0 Å². The Morgan fingerprint density at radius 3 is 2.78 bits per heavy atom. The Kier molecular flexibility index (Phi) is 5.76. The van der Waals surface area contributed by atoms with Crippen molar-refractivity contribution >= 4 is 34.3 Å². The molecule has 2 aliphatic rings. The Labute approximate surface area is 165 Å². The molecule has 3 heterocycles. The van der Waals surface area contributed by atoms with Crippen LogP contribution in [0.15, 0.2) is 35.0 Å². The molecule has 0 bridgehead atoms. The number of piperidine rings is 1. The van der Waals surface area contributed by atoms with E-state index < -0.39 is 0 Å². The number of anilines is 3. The fourth-order valence-electron chi connectivity index (χ4n) is 3.77. The summed E-state index contributed by atoms with van der Waals surface area (Å²) in [6, 6.07) is 7.94. The first-order chi connectivity index (χ1) is 13.3. The molecule has 0 saturated carbocycles. The van der Waals surface area contributed by atoms with Gasteiger partial charge in [-0.15, -0.1) is 17.3 Å². The molecule has 2 aromatic rings. The number of para-hydroxylation sites is 2. The van der Waals surface area contributed by atoms with Crippen LogP contribution in [0.25, 0.3) is 0 Å². The first-order valence-electron chi connectivity index (χ1n) is 9.75. The Morgan fingerprint density at radius 2 is 1.89 bits per heavy atom. The monoisotopic (exact) mass is 379 g/mol. The predicted molar refractivity (Wildman–Crippen MR) is 113 cm³/mol. The quantitative estimate of drug-likeness (QED) is 0.617. The highest BCUT2D eigenvalue weighted by Gasteiger charge is 2.25. The first-order valence-corrected chi connectivity index (χ1v) is 10.7. The van der Waals surface area contributed by atoms with Crippen molar-refractivity contribution in [2.24, 2.45) is 0 Å². The Balaban J connectivity index is 1.42. The Morgan fingerprint density at radius 1 is 1.04 bits per heavy atom. The summed E-state index contributed by atoms with van der Waals surface area (Å²) in [7, 11) is 0. The highest BCUT2D eigenvalue weighted by molar-refractivity contribution is 7.08. The second kappa shape index (κ2) is 8.60. The molecule has 4 nitrogen and oxygen atoms in total. The van der Waals surface area contributed by atoms with Crippen molar-refractivity contribution in [1.29, 1.82) is 0 Å². The molecule has 0 radical (unpaired) electrons. The average molecular weight is 380 g/mol. The van der Waals surface area contributed by atoms with Crippen LogP contribution >= 0.6 is 11.3 Å². The summed E-state index contributed by atoms with van der Waals surface area (Å²) >= 11 is 1.55. The van der Waals surface area contributed by atoms with Crippen LogP contribution in [0.5, 0.6) is 0 Å². The molecule has 0 spiro atoms. The molecule has 4 rings (SSSR count). The van der Waals surface area contributed by atoms with Crippen molar-refractivity contribution in [2.75, 3.05) is 36.4 Å². The maximum Gasteiger partial charge on any atom is 0.258 e. The summed E-state index contributed by atoms with van der Waals surface area (Å²) in [5.41, 5.74) is 3.52. The number of hydrogen-bond acceptors (Lipinski definition) is 4. The third kappa shape index (κ3) is 4.18. The van der Waals surface area contributed by atoms with Crippen LogP contribution in [-0.4, -0.2) is 37.0 Å². The number of rotatable bonds is 4. The second-order valence-corrected chi connectivity index (χ2v) is 7.83. The van der Waals surface area contributed by atoms with Crippen LogP contribution in [0.4, 0.5) is 17.1 Å². The summed E-state index contributed by atoms with van der Waals surface area (Å²) in [6.07, 6.45) is 6.13. The molecule has 27 heavy (non-hydrogen) atoms. The number of unbranched alkanes of at least 4 members (excludes halogenated alkanes) is 1. The number of nitrogens with zero attached hydrogens (tertiary/aromatic N) is 2. The van der Waals surface area contributed by atoms with Crippen molar-refractivity contribution in [3.63, 3.8) is 0 Å². The van der Waals surface area contributed by atoms with Crippen LogP contribution in [0, 0.1) is 11.8 Å². The van der Waals surface area contributed by atoms with E-state index in [1.54, 1.807) is 11.3 Å². The van der Waals surface area contributed by atoms with Crippen LogP contribution in [-0.2, 0) is 0 Å². The Bertz CT molecular complexity index is 858. The number of hydrogen-bond donors (Lipinski definition) is 1. The fourth-order valence-corrected chi connectivity index (χ4v) is 4.59. The van der Waals surface area contributed by atoms with Gasteiger partial charge >= 0.3 is 0 Å². The number of thiophene rings is 1. The third-order valence-corrected chi connectivity index (χ3v) is 5.94. The van der Waals surface area contributed by atoms with Gasteiger partial charge in [-0.3, -0.25) is 4.79 Å². The topological polar surface area (TPSA) is 35.6 Å². The molecule has 1 aromatic heterocycles. The molecule has 140 valence electrons. The lowest BCUT2D eigenvalue weighted by atomic mass is 10.1. The van der Waals surface area contributed by atoms with E-state index in [0.29, 0.717) is 6.54 Å². The van der Waals surface area contributed by atoms with Gasteiger partial charge in [-0.2, -0.15) is 0 Å². The number of carbonyl (C=O) groups is 1. The number of fused-ring (bicyclic) bond motifs is 2. The van der Waals surface area contributed by atoms with Crippen molar-refractivity contribution in [3.05, 3.63) is 40.6 Å². The van der Waals surface area contributed by atoms with Gasteiger partial charge in [0.05, 0.1) is 29.2 Å². The predicted octanol–water partition coefficient (Wildman–Crippen LogP) is 4.72. The zero-order chi connectivity index (χ0) is 18.5. The van der Waals surface area contributed by atoms with Gasteiger partial charge in [0.25, 0.3) is 5.91 Å². The van der Waals surface area contributed by atoms with Crippen LogP contribution < -0.4 is 10.2 Å². The van der Waals surface area contributed by atoms with Crippen molar-refractivity contribution in [2.45, 2.75) is 32.1 Å². The number of benzene rings is 1. The van der Waals surface area contributed by atoms with Gasteiger partial charge in [0.2, 0.25) is 0 Å². The summed E-state index contributed by atoms with van der Waals surface area (Å²) in [5.74, 6) is 6.62. The average Bonchev–Trinajstić information content (AvgIpc) is 3.15. The van der Waals surface area contributed by atoms with Crippen molar-refractivity contribution < 1.29 is 4.79 Å². The number of amides is 1. The standard InChI is InChI=1S/C22H25N3OS/c26-22-18-16-27-17-21(18)25(20-11-5-4-10-19(20)23-22)15-9-2-1-6-12-24-13-7-3-8-14-24/h4-5,10-11,16-17H,1,3,6-8,12-15H2,(H,23,26). The van der Waals surface area contributed by atoms with Gasteiger partial charge in [0, 0.05) is 17.2 Å². The normalized spacial score (nSPS) is 16.6. The van der Waals surface area contributed by atoms with Crippen LogP contribution in [0.1, 0.15) is 42.5 Å². The third-order valence-electron chi connectivity index (χ3n) is 5.21. The van der Waals surface area contributed by atoms with Gasteiger partial charge in [-0.25, -0.2) is 0 Å². The molecule has 1 saturated heterocycles. The van der Waals surface area contributed by atoms with Crippen molar-refractivity contribution in [3.8, 4) is 11.8 Å². The van der Waals surface area contributed by atoms with Gasteiger partial charge < -0.3 is 15.1 Å². The largest absolute Gasteiger partial charge is 0.327 e. The minimum atomic E-state index is -0.0457. The first kappa shape index (κ1) is 18.1. The highest BCUT2D eigenvalue weighted by Crippen LogP contribution is 2.38. The molecule has 1 amide bonds. The van der Waals surface area contributed by atoms with Gasteiger partial charge in [0.15, 0.2) is 0 Å². The molecule has 2 aliphatic heterocycles. The van der Waals surface area contributed by atoms with E-state index in [1.807, 2.05) is 35.0 Å². The Hall–Kier alpha value is -2.29. The lowest BCUT2D eigenvalue weighted by molar-refractivity contribution is 0.102. The zero-order valence-electron chi connectivity index (χ0n) is 15.5. The minimum absolute atomic E-state index is 0.0457. The zero-order valence-corrected chi connectivity index (χ0v) is 16.4. The van der Waals surface area contributed by atoms with E-state index in [9.17, 15) is 4.79 Å². The maximum absolute atomic E-state index is 12.5. The van der Waals surface area contributed by atoms with E-state index in [1.165, 1.54) is 32.4 Å². The van der Waals surface area contributed by atoms with E-state index in [-0.39, 0.29) is 5.91 Å². The lowest BCUT2D eigenvalue weighted by Gasteiger charge is -2.25. The lowest BCUT2D eigenvalue weighted by Crippen LogP contribution is -2.30. The van der Waals surface area contributed by atoms with Gasteiger partial charge in [-0.05, 0) is 51.0 Å². The molecular formula is C22H25N3OS. The molecule has 1 fully saturated rings. The fraction of sp³-hybridized carbons (Fsp3) is 0.409. The number of likely N-dealkylation sites (tertiary alicyclic amines) is 1. The maximum atomic E-state index is 12.5. The smallest absolute Gasteiger partial charge is 0.258 e. The van der Waals surface area contributed by atoms with Crippen molar-refractivity contribution in [1.82, 2.24) is 4.90 Å². The SMILES string of the molecule is O=C1Nc2ccccc2N(CC#CCCCN2CCCCC2)c2cscc21. The molecule has 5 heteroatoms. The molecule has 1 N–H and O–H groups in total. The molecule has 0 aliphatic carbocycles. The summed E-state index contributed by atoms with van der Waals surface area (Å²) < 4.78 is 0. The molecular weight excluding hydrogens is 354 g/mol. The summed E-state index contributed by atoms with van der Waals surface area (Å²) in [6.45, 7) is 4.26. The minimum Gasteiger partial charge on any atom is -0.327 e. The number of nitrogens with one attached hydrogen (secondary N) is 1. The summed E-state index contributed by atoms with van der Waals surface area (Å²) in [5, 5.41) is 6.96. The molecule has 0 unspecified atom stereocenters. The van der Waals surface area contributed by atoms with Gasteiger partial charge in [-0.1, -0.05) is 24.5 Å². The summed E-state index contributed by atoms with van der Waals surface area (Å²) in [4.78, 5) is 17.2. The van der Waals surface area contributed by atoms with Crippen LogP contribution in [0.2, 0.25) is 0 Å². The van der Waals surface area contributed by atoms with E-state index in [4.69, 9.17) is 0 Å². The van der Waals surface area contributed by atoms with E-state index in [0.717, 1.165) is 42.0 Å². The molecule has 0 atom stereocenters.